The fourth-order valence-electron chi connectivity index (χ4n) is 1.27. The van der Waals surface area contributed by atoms with Crippen molar-refractivity contribution in [2.75, 3.05) is 23.5 Å². The molecule has 0 atom stereocenters. The maximum atomic E-state index is 10.9. The molecule has 0 heterocycles. The fraction of sp³-hybridized carbons (Fsp3) is 0.455. The molecule has 0 fully saturated rings. The lowest BCUT2D eigenvalue weighted by molar-refractivity contribution is 0.600. The maximum absolute atomic E-state index is 10.9. The van der Waals surface area contributed by atoms with E-state index in [0.717, 1.165) is 16.3 Å². The molecular formula is C11H17NO2S2. The lowest BCUT2D eigenvalue weighted by Crippen LogP contribution is -2.03. The normalized spacial score (nSPS) is 11.6. The van der Waals surface area contributed by atoms with Crippen molar-refractivity contribution in [3.63, 3.8) is 0 Å². The lowest BCUT2D eigenvalue weighted by Gasteiger charge is -2.06. The topological polar surface area (TPSA) is 60.2 Å². The molecule has 2 N–H and O–H groups in total. The van der Waals surface area contributed by atoms with Crippen molar-refractivity contribution >= 4 is 27.3 Å². The van der Waals surface area contributed by atoms with Gasteiger partial charge in [0, 0.05) is 16.8 Å². The maximum Gasteiger partial charge on any atom is 0.147 e. The summed E-state index contributed by atoms with van der Waals surface area (Å²) < 4.78 is 21.9. The van der Waals surface area contributed by atoms with Gasteiger partial charge in [-0.05, 0) is 36.8 Å². The average Bonchev–Trinajstić information content (AvgIpc) is 2.16. The van der Waals surface area contributed by atoms with Crippen molar-refractivity contribution < 1.29 is 8.42 Å². The number of hydrogen-bond acceptors (Lipinski definition) is 4. The third kappa shape index (κ3) is 4.90. The molecule has 0 aliphatic heterocycles. The van der Waals surface area contributed by atoms with Crippen LogP contribution in [0.3, 0.4) is 0 Å². The SMILES string of the molecule is Cc1ccc(N)c(SCCCS(C)(=O)=O)c1. The van der Waals surface area contributed by atoms with E-state index in [1.807, 2.05) is 25.1 Å². The molecule has 0 spiro atoms. The first-order chi connectivity index (χ1) is 7.38. The van der Waals surface area contributed by atoms with Gasteiger partial charge >= 0.3 is 0 Å². The summed E-state index contributed by atoms with van der Waals surface area (Å²) >= 11 is 1.61. The van der Waals surface area contributed by atoms with Gasteiger partial charge < -0.3 is 5.73 Å². The third-order valence-electron chi connectivity index (χ3n) is 2.09. The van der Waals surface area contributed by atoms with Crippen LogP contribution in [-0.2, 0) is 9.84 Å². The molecule has 90 valence electrons. The van der Waals surface area contributed by atoms with E-state index in [4.69, 9.17) is 5.73 Å². The number of aryl methyl sites for hydroxylation is 1. The van der Waals surface area contributed by atoms with Crippen LogP contribution in [0.25, 0.3) is 0 Å². The highest BCUT2D eigenvalue weighted by Crippen LogP contribution is 2.26. The minimum Gasteiger partial charge on any atom is -0.398 e. The number of anilines is 1. The highest BCUT2D eigenvalue weighted by molar-refractivity contribution is 7.99. The molecule has 1 aromatic carbocycles. The van der Waals surface area contributed by atoms with E-state index in [1.54, 1.807) is 11.8 Å². The highest BCUT2D eigenvalue weighted by atomic mass is 32.2. The number of rotatable bonds is 5. The van der Waals surface area contributed by atoms with Crippen LogP contribution in [0.5, 0.6) is 0 Å². The zero-order valence-electron chi connectivity index (χ0n) is 9.56. The fourth-order valence-corrected chi connectivity index (χ4v) is 3.13. The second kappa shape index (κ2) is 5.59. The van der Waals surface area contributed by atoms with Gasteiger partial charge in [0.15, 0.2) is 0 Å². The van der Waals surface area contributed by atoms with E-state index in [9.17, 15) is 8.42 Å². The van der Waals surface area contributed by atoms with E-state index in [1.165, 1.54) is 11.8 Å². The molecule has 1 aromatic rings. The second-order valence-electron chi connectivity index (χ2n) is 3.87. The van der Waals surface area contributed by atoms with Crippen LogP contribution in [0.15, 0.2) is 23.1 Å². The summed E-state index contributed by atoms with van der Waals surface area (Å²) in [6, 6.07) is 5.88. The molecule has 1 rings (SSSR count). The van der Waals surface area contributed by atoms with Crippen LogP contribution in [0.1, 0.15) is 12.0 Å². The molecule has 0 saturated heterocycles. The summed E-state index contributed by atoms with van der Waals surface area (Å²) in [5.74, 6) is 1.02. The van der Waals surface area contributed by atoms with Crippen molar-refractivity contribution in [2.45, 2.75) is 18.2 Å². The third-order valence-corrected chi connectivity index (χ3v) is 4.27. The number of nitrogen functional groups attached to an aromatic ring is 1. The number of benzene rings is 1. The highest BCUT2D eigenvalue weighted by Gasteiger charge is 2.03. The van der Waals surface area contributed by atoms with Crippen molar-refractivity contribution in [2.24, 2.45) is 0 Å². The van der Waals surface area contributed by atoms with Gasteiger partial charge in [-0.15, -0.1) is 11.8 Å². The first-order valence-electron chi connectivity index (χ1n) is 5.05. The van der Waals surface area contributed by atoms with E-state index >= 15 is 0 Å². The van der Waals surface area contributed by atoms with Crippen molar-refractivity contribution in [1.29, 1.82) is 0 Å². The van der Waals surface area contributed by atoms with Crippen LogP contribution in [0.4, 0.5) is 5.69 Å². The molecule has 16 heavy (non-hydrogen) atoms. The zero-order valence-corrected chi connectivity index (χ0v) is 11.2. The molecular weight excluding hydrogens is 242 g/mol. The predicted octanol–water partition coefficient (Wildman–Crippen LogP) is 2.10. The van der Waals surface area contributed by atoms with Crippen molar-refractivity contribution in [3.8, 4) is 0 Å². The zero-order chi connectivity index (χ0) is 12.2. The largest absolute Gasteiger partial charge is 0.398 e. The molecule has 0 radical (unpaired) electrons. The Kier molecular flexibility index (Phi) is 4.68. The molecule has 0 amide bonds. The monoisotopic (exact) mass is 259 g/mol. The van der Waals surface area contributed by atoms with Crippen LogP contribution >= 0.6 is 11.8 Å². The number of nitrogens with two attached hydrogens (primary N) is 1. The summed E-state index contributed by atoms with van der Waals surface area (Å²) in [7, 11) is -2.84. The first kappa shape index (κ1) is 13.4. The van der Waals surface area contributed by atoms with E-state index in [0.29, 0.717) is 6.42 Å². The molecule has 0 aliphatic rings. The molecule has 0 saturated carbocycles. The molecule has 0 aromatic heterocycles. The summed E-state index contributed by atoms with van der Waals surface area (Å²) in [6.45, 7) is 2.01. The van der Waals surface area contributed by atoms with Gasteiger partial charge in [0.25, 0.3) is 0 Å². The van der Waals surface area contributed by atoms with Gasteiger partial charge in [-0.25, -0.2) is 8.42 Å². The minimum atomic E-state index is -2.84. The van der Waals surface area contributed by atoms with Gasteiger partial charge in [-0.2, -0.15) is 0 Å². The molecule has 0 aliphatic carbocycles. The molecule has 0 unspecified atom stereocenters. The Morgan fingerprint density at radius 2 is 2.06 bits per heavy atom. The molecule has 0 bridgehead atoms. The quantitative estimate of drug-likeness (QED) is 0.500. The Labute approximate surface area is 101 Å². The van der Waals surface area contributed by atoms with Gasteiger partial charge in [0.1, 0.15) is 9.84 Å². The van der Waals surface area contributed by atoms with Crippen LogP contribution in [-0.4, -0.2) is 26.2 Å². The van der Waals surface area contributed by atoms with Crippen LogP contribution in [0, 0.1) is 6.92 Å². The number of thioether (sulfide) groups is 1. The predicted molar refractivity (Wildman–Crippen MR) is 70.6 cm³/mol. The Morgan fingerprint density at radius 3 is 2.69 bits per heavy atom. The second-order valence-corrected chi connectivity index (χ2v) is 7.27. The van der Waals surface area contributed by atoms with E-state index in [-0.39, 0.29) is 5.75 Å². The van der Waals surface area contributed by atoms with Crippen molar-refractivity contribution in [1.82, 2.24) is 0 Å². The van der Waals surface area contributed by atoms with Gasteiger partial charge in [-0.1, -0.05) is 6.07 Å². The smallest absolute Gasteiger partial charge is 0.147 e. The van der Waals surface area contributed by atoms with Gasteiger partial charge in [0.2, 0.25) is 0 Å². The van der Waals surface area contributed by atoms with Gasteiger partial charge in [-0.3, -0.25) is 0 Å². The van der Waals surface area contributed by atoms with Crippen LogP contribution in [0.2, 0.25) is 0 Å². The minimum absolute atomic E-state index is 0.242. The van der Waals surface area contributed by atoms with Crippen LogP contribution < -0.4 is 5.73 Å². The summed E-state index contributed by atoms with van der Waals surface area (Å²) in [6.07, 6.45) is 1.93. The Hall–Kier alpha value is -0.680. The Bertz CT molecular complexity index is 455. The Morgan fingerprint density at radius 1 is 1.38 bits per heavy atom. The van der Waals surface area contributed by atoms with Crippen molar-refractivity contribution in [3.05, 3.63) is 23.8 Å². The lowest BCUT2D eigenvalue weighted by atomic mass is 10.2. The molecule has 3 nitrogen and oxygen atoms in total. The van der Waals surface area contributed by atoms with Gasteiger partial charge in [0.05, 0.1) is 5.75 Å². The standard InChI is InChI=1S/C11H17NO2S2/c1-9-4-5-10(12)11(8-9)15-6-3-7-16(2,13)14/h4-5,8H,3,6-7,12H2,1-2H3. The van der Waals surface area contributed by atoms with E-state index in [2.05, 4.69) is 0 Å². The summed E-state index contributed by atoms with van der Waals surface area (Å²) in [4.78, 5) is 1.04. The average molecular weight is 259 g/mol. The summed E-state index contributed by atoms with van der Waals surface area (Å²) in [5.41, 5.74) is 7.74. The Balaban J connectivity index is 2.46. The molecule has 5 heteroatoms. The number of sulfone groups is 1. The number of hydrogen-bond donors (Lipinski definition) is 1. The first-order valence-corrected chi connectivity index (χ1v) is 8.10. The van der Waals surface area contributed by atoms with E-state index < -0.39 is 9.84 Å². The summed E-state index contributed by atoms with van der Waals surface area (Å²) in [5, 5.41) is 0.